The summed E-state index contributed by atoms with van der Waals surface area (Å²) in [5.74, 6) is 1.51. The van der Waals surface area contributed by atoms with E-state index in [1.54, 1.807) is 55.5 Å². The number of ether oxygens (including phenoxy) is 1. The molecule has 0 saturated carbocycles. The van der Waals surface area contributed by atoms with Crippen molar-refractivity contribution in [2.45, 2.75) is 63.9 Å². The first-order valence-corrected chi connectivity index (χ1v) is 14.2. The van der Waals surface area contributed by atoms with Gasteiger partial charge in [0.25, 0.3) is 5.91 Å². The average Bonchev–Trinajstić information content (AvgIpc) is 2.98. The third-order valence-electron chi connectivity index (χ3n) is 7.93. The van der Waals surface area contributed by atoms with Crippen molar-refractivity contribution in [3.63, 3.8) is 0 Å². The highest BCUT2D eigenvalue weighted by atomic mass is 19.4. The van der Waals surface area contributed by atoms with Gasteiger partial charge in [0.2, 0.25) is 0 Å². The second-order valence-electron chi connectivity index (χ2n) is 10.8. The van der Waals surface area contributed by atoms with Gasteiger partial charge >= 0.3 is 23.9 Å². The molecule has 0 spiro atoms. The van der Waals surface area contributed by atoms with E-state index in [0.717, 1.165) is 21.9 Å². The van der Waals surface area contributed by atoms with Crippen molar-refractivity contribution in [3.05, 3.63) is 94.5 Å². The van der Waals surface area contributed by atoms with Crippen LogP contribution in [-0.2, 0) is 15.0 Å². The Hall–Kier alpha value is -4.50. The minimum Gasteiger partial charge on any atom is -0.483 e. The molecule has 0 aromatic heterocycles. The molecule has 0 unspecified atom stereocenters. The van der Waals surface area contributed by atoms with Gasteiger partial charge in [-0.15, -0.1) is 0 Å². The molecule has 3 rings (SSSR count). The number of carbonyl (C=O) groups excluding carboxylic acids is 1. The summed E-state index contributed by atoms with van der Waals surface area (Å²) in [4.78, 5) is 25.4. The maximum atomic E-state index is 13.1. The van der Waals surface area contributed by atoms with Gasteiger partial charge in [-0.1, -0.05) is 62.2 Å². The van der Waals surface area contributed by atoms with E-state index in [-0.39, 0.29) is 5.56 Å². The lowest BCUT2D eigenvalue weighted by Gasteiger charge is -2.34. The Labute approximate surface area is 262 Å². The van der Waals surface area contributed by atoms with Gasteiger partial charge in [-0.2, -0.15) is 26.3 Å². The van der Waals surface area contributed by atoms with Crippen LogP contribution in [0.15, 0.2) is 66.7 Å². The van der Waals surface area contributed by atoms with Gasteiger partial charge in [0.1, 0.15) is 12.3 Å². The van der Waals surface area contributed by atoms with Crippen molar-refractivity contribution in [1.82, 2.24) is 0 Å². The second kappa shape index (κ2) is 13.9. The highest BCUT2D eigenvalue weighted by molar-refractivity contribution is 5.98. The van der Waals surface area contributed by atoms with Gasteiger partial charge in [-0.05, 0) is 79.1 Å². The van der Waals surface area contributed by atoms with Crippen molar-refractivity contribution in [2.75, 3.05) is 18.1 Å². The lowest BCUT2D eigenvalue weighted by Crippen LogP contribution is -2.55. The molecule has 0 saturated heterocycles. The minimum absolute atomic E-state index is 0.103. The fourth-order valence-corrected chi connectivity index (χ4v) is 5.19. The van der Waals surface area contributed by atoms with Crippen LogP contribution in [0.3, 0.4) is 0 Å². The van der Waals surface area contributed by atoms with E-state index in [1.807, 2.05) is 31.9 Å². The molecular weight excluding hydrogens is 616 g/mol. The summed E-state index contributed by atoms with van der Waals surface area (Å²) in [5, 5.41) is 18.7. The number of amides is 1. The predicted molar refractivity (Wildman–Crippen MR) is 160 cm³/mol. The maximum absolute atomic E-state index is 13.1. The number of aryl methyl sites for hydroxylation is 2. The fourth-order valence-electron chi connectivity index (χ4n) is 5.19. The molecule has 0 aliphatic rings. The van der Waals surface area contributed by atoms with Gasteiger partial charge in [0.15, 0.2) is 6.61 Å². The Morgan fingerprint density at radius 1 is 0.826 bits per heavy atom. The van der Waals surface area contributed by atoms with Crippen molar-refractivity contribution in [2.24, 2.45) is 0 Å². The third kappa shape index (κ3) is 7.48. The number of aliphatic hydroxyl groups is 1. The van der Waals surface area contributed by atoms with Gasteiger partial charge in [0, 0.05) is 16.7 Å². The van der Waals surface area contributed by atoms with Crippen molar-refractivity contribution in [1.29, 1.82) is 0 Å². The molecule has 46 heavy (non-hydrogen) atoms. The standard InChI is InChI=1S/C34H33F6NO5/c1-5-31(6-2,25-13-12-24(22(3)18-25)16-17-32(45,33(35,36)37)34(38,39)40)26-14-15-28(23(4)19-26)46-21-29(42)41(20-30(43)44)27-10-8-7-9-11-27/h7-15,18-19,45H,5-6,20-21H2,1-4H3,(H,43,44). The number of rotatable bonds is 10. The number of carbonyl (C=O) groups is 2. The quantitative estimate of drug-likeness (QED) is 0.181. The zero-order valence-electron chi connectivity index (χ0n) is 25.5. The SMILES string of the molecule is CCC(CC)(c1ccc(C#CC(O)(C(F)(F)F)C(F)(F)F)c(C)c1)c1ccc(OCC(=O)N(CC(=O)O)c2ccccc2)c(C)c1. The van der Waals surface area contributed by atoms with E-state index in [4.69, 9.17) is 4.74 Å². The summed E-state index contributed by atoms with van der Waals surface area (Å²) in [6.07, 6.45) is -10.9. The Kier molecular flexibility index (Phi) is 10.8. The number of alkyl halides is 6. The number of aliphatic carboxylic acids is 1. The van der Waals surface area contributed by atoms with Gasteiger partial charge < -0.3 is 14.9 Å². The van der Waals surface area contributed by atoms with Gasteiger partial charge in [-0.25, -0.2) is 0 Å². The van der Waals surface area contributed by atoms with Crippen LogP contribution < -0.4 is 9.64 Å². The number of halogens is 6. The normalized spacial score (nSPS) is 12.2. The van der Waals surface area contributed by atoms with Crippen LogP contribution >= 0.6 is 0 Å². The summed E-state index contributed by atoms with van der Waals surface area (Å²) in [7, 11) is 0. The van der Waals surface area contributed by atoms with E-state index in [2.05, 4.69) is 0 Å². The highest BCUT2D eigenvalue weighted by Gasteiger charge is 2.70. The molecule has 0 radical (unpaired) electrons. The largest absolute Gasteiger partial charge is 0.483 e. The molecule has 0 aliphatic carbocycles. The molecule has 1 amide bonds. The van der Waals surface area contributed by atoms with Crippen LogP contribution in [0.25, 0.3) is 0 Å². The number of carboxylic acid groups (broad SMARTS) is 1. The Balaban J connectivity index is 1.90. The van der Waals surface area contributed by atoms with Crippen LogP contribution in [-0.4, -0.2) is 53.2 Å². The summed E-state index contributed by atoms with van der Waals surface area (Å²) < 4.78 is 84.3. The minimum atomic E-state index is -6.05. The summed E-state index contributed by atoms with van der Waals surface area (Å²) in [6, 6.07) is 18.2. The Morgan fingerprint density at radius 2 is 1.37 bits per heavy atom. The Bertz CT molecular complexity index is 1600. The number of benzene rings is 3. The summed E-state index contributed by atoms with van der Waals surface area (Å²) in [6.45, 7) is 6.20. The topological polar surface area (TPSA) is 87.1 Å². The predicted octanol–water partition coefficient (Wildman–Crippen LogP) is 7.11. The lowest BCUT2D eigenvalue weighted by molar-refractivity contribution is -0.343. The third-order valence-corrected chi connectivity index (χ3v) is 7.93. The second-order valence-corrected chi connectivity index (χ2v) is 10.8. The molecule has 2 N–H and O–H groups in total. The smallest absolute Gasteiger partial charge is 0.438 e. The molecule has 12 heteroatoms. The van der Waals surface area contributed by atoms with E-state index in [0.29, 0.717) is 35.4 Å². The van der Waals surface area contributed by atoms with E-state index < -0.39 is 48.4 Å². The van der Waals surface area contributed by atoms with Crippen LogP contribution in [0.5, 0.6) is 5.75 Å². The van der Waals surface area contributed by atoms with Gasteiger partial charge in [0.05, 0.1) is 0 Å². The van der Waals surface area contributed by atoms with Gasteiger partial charge in [-0.3, -0.25) is 14.5 Å². The van der Waals surface area contributed by atoms with E-state index in [1.165, 1.54) is 13.0 Å². The van der Waals surface area contributed by atoms with E-state index >= 15 is 0 Å². The molecule has 0 fully saturated rings. The van der Waals surface area contributed by atoms with Crippen molar-refractivity contribution in [3.8, 4) is 17.6 Å². The van der Waals surface area contributed by atoms with Crippen LogP contribution in [0.1, 0.15) is 54.5 Å². The summed E-state index contributed by atoms with van der Waals surface area (Å²) in [5.41, 5.74) is -2.88. The number of anilines is 1. The first-order valence-electron chi connectivity index (χ1n) is 14.2. The van der Waals surface area contributed by atoms with Crippen LogP contribution in [0.2, 0.25) is 0 Å². The first-order chi connectivity index (χ1) is 21.4. The number of hydrogen-bond acceptors (Lipinski definition) is 4. The molecular formula is C34H33F6NO5. The summed E-state index contributed by atoms with van der Waals surface area (Å²) >= 11 is 0. The number of carboxylic acids is 1. The van der Waals surface area contributed by atoms with Crippen LogP contribution in [0, 0.1) is 25.7 Å². The fraction of sp³-hybridized carbons (Fsp3) is 0.353. The first kappa shape index (κ1) is 36.0. The number of nitrogens with zero attached hydrogens (tertiary/aromatic N) is 1. The zero-order valence-corrected chi connectivity index (χ0v) is 25.5. The maximum Gasteiger partial charge on any atom is 0.438 e. The van der Waals surface area contributed by atoms with E-state index in [9.17, 15) is 46.1 Å². The molecule has 0 heterocycles. The monoisotopic (exact) mass is 649 g/mol. The highest BCUT2D eigenvalue weighted by Crippen LogP contribution is 2.43. The molecule has 0 atom stereocenters. The Morgan fingerprint density at radius 3 is 1.85 bits per heavy atom. The molecule has 6 nitrogen and oxygen atoms in total. The number of hydrogen-bond donors (Lipinski definition) is 2. The van der Waals surface area contributed by atoms with Crippen molar-refractivity contribution < 1.29 is 50.9 Å². The molecule has 0 aliphatic heterocycles. The average molecular weight is 650 g/mol. The van der Waals surface area contributed by atoms with Crippen LogP contribution in [0.4, 0.5) is 32.0 Å². The molecule has 3 aromatic carbocycles. The number of para-hydroxylation sites is 1. The zero-order chi connectivity index (χ0) is 34.5. The molecule has 246 valence electrons. The lowest BCUT2D eigenvalue weighted by atomic mass is 9.70. The van der Waals surface area contributed by atoms with Crippen molar-refractivity contribution >= 4 is 17.6 Å². The molecule has 0 bridgehead atoms. The molecule has 3 aromatic rings.